The summed E-state index contributed by atoms with van der Waals surface area (Å²) in [5.41, 5.74) is -0.194. The number of rotatable bonds is 5. The molecule has 0 saturated carbocycles. The molecule has 0 aliphatic carbocycles. The summed E-state index contributed by atoms with van der Waals surface area (Å²) in [5.74, 6) is -0.0884. The first kappa shape index (κ1) is 29.2. The predicted octanol–water partition coefficient (Wildman–Crippen LogP) is 2.74. The molecule has 0 aliphatic rings. The van der Waals surface area contributed by atoms with Crippen LogP contribution in [0.25, 0.3) is 0 Å². The van der Waals surface area contributed by atoms with Gasteiger partial charge in [0, 0.05) is 30.4 Å². The lowest BCUT2D eigenvalue weighted by molar-refractivity contribution is -0.385. The molecule has 0 aliphatic heterocycles. The van der Waals surface area contributed by atoms with Crippen LogP contribution in [-0.2, 0) is 13.8 Å². The number of phenolic OH excluding ortho intramolecular Hbond substituents is 1. The van der Waals surface area contributed by atoms with Crippen LogP contribution in [0.4, 0.5) is 11.4 Å². The Bertz CT molecular complexity index is 874. The number of non-ortho nitro benzene ring substituents is 2. The topological polar surface area (TPSA) is 243 Å². The molecule has 1 unspecified atom stereocenters. The first-order valence-corrected chi connectivity index (χ1v) is 9.37. The van der Waals surface area contributed by atoms with E-state index >= 15 is 0 Å². The number of phosphoric acid groups is 1. The fraction of sp³-hybridized carbons (Fsp3) is 0.0769. The number of nitrogens with zero attached hydrogens (tertiary/aromatic N) is 2. The summed E-state index contributed by atoms with van der Waals surface area (Å²) in [4.78, 5) is 44.8. The zero-order valence-corrected chi connectivity index (χ0v) is 15.7. The highest BCUT2D eigenvalue weighted by Crippen LogP contribution is 2.37. The third kappa shape index (κ3) is 14.0. The van der Waals surface area contributed by atoms with Crippen LogP contribution in [-0.4, -0.2) is 30.0 Å². The van der Waals surface area contributed by atoms with E-state index in [0.717, 1.165) is 24.3 Å². The molecule has 0 spiro atoms. The number of hydrogen-bond acceptors (Lipinski definition) is 11. The lowest BCUT2D eigenvalue weighted by atomic mass is 10.3. The minimum absolute atomic E-state index is 0. The summed E-state index contributed by atoms with van der Waals surface area (Å²) in [6, 6.07) is 9.44. The molecule has 2 aromatic carbocycles. The third-order valence-corrected chi connectivity index (χ3v) is 2.98. The number of phenols is 1. The van der Waals surface area contributed by atoms with Gasteiger partial charge in [-0.2, -0.15) is 0 Å². The van der Waals surface area contributed by atoms with Crippen molar-refractivity contribution in [1.82, 2.24) is 0 Å². The SMILES string of the molecule is C.O=[N+]([O-])c1ccc(O)cc1.O=[N+]([O-])c1ccc(OP(=O)(O)O)cc1.O=[P+]([O-])OO.[HH]. The second-order valence-corrected chi connectivity index (χ2v) is 6.19. The molecule has 0 heterocycles. The molecule has 0 radical (unpaired) electrons. The molecule has 17 heteroatoms. The Kier molecular flexibility index (Phi) is 13.6. The first-order valence-electron chi connectivity index (χ1n) is 6.74. The average Bonchev–Trinajstić information content (AvgIpc) is 2.62. The van der Waals surface area contributed by atoms with Gasteiger partial charge in [0.25, 0.3) is 11.4 Å². The van der Waals surface area contributed by atoms with Crippen molar-refractivity contribution in [3.8, 4) is 11.5 Å². The second-order valence-electron chi connectivity index (χ2n) is 4.41. The van der Waals surface area contributed by atoms with Crippen molar-refractivity contribution in [3.63, 3.8) is 0 Å². The Morgan fingerprint density at radius 1 is 0.933 bits per heavy atom. The zero-order chi connectivity index (χ0) is 22.6. The highest BCUT2D eigenvalue weighted by molar-refractivity contribution is 7.46. The van der Waals surface area contributed by atoms with Gasteiger partial charge in [0.2, 0.25) is 0 Å². The number of aromatic hydroxyl groups is 1. The largest absolute Gasteiger partial charge is 0.565 e. The van der Waals surface area contributed by atoms with E-state index in [2.05, 4.69) is 9.20 Å². The van der Waals surface area contributed by atoms with Crippen LogP contribution in [0, 0.1) is 20.2 Å². The van der Waals surface area contributed by atoms with Crippen LogP contribution in [0.1, 0.15) is 8.85 Å². The van der Waals surface area contributed by atoms with Gasteiger partial charge in [-0.25, -0.2) is 9.82 Å². The molecule has 30 heavy (non-hydrogen) atoms. The van der Waals surface area contributed by atoms with E-state index in [0.29, 0.717) is 0 Å². The van der Waals surface area contributed by atoms with Gasteiger partial charge in [0.1, 0.15) is 11.5 Å². The highest BCUT2D eigenvalue weighted by Gasteiger charge is 2.16. The summed E-state index contributed by atoms with van der Waals surface area (Å²) in [6.07, 6.45) is 0. The zero-order valence-electron chi connectivity index (χ0n) is 13.9. The quantitative estimate of drug-likeness (QED) is 0.212. The maximum Gasteiger partial charge on any atom is 0.524 e. The molecule has 0 fully saturated rings. The molecular weight excluding hydrogens is 454 g/mol. The Morgan fingerprint density at radius 2 is 1.27 bits per heavy atom. The van der Waals surface area contributed by atoms with E-state index < -0.39 is 25.9 Å². The maximum atomic E-state index is 10.4. The number of nitro groups is 2. The van der Waals surface area contributed by atoms with Gasteiger partial charge in [-0.3, -0.25) is 30.0 Å². The molecule has 2 aromatic rings. The van der Waals surface area contributed by atoms with E-state index in [1.54, 1.807) is 0 Å². The van der Waals surface area contributed by atoms with Crippen molar-refractivity contribution >= 4 is 27.5 Å². The Labute approximate surface area is 170 Å². The van der Waals surface area contributed by atoms with E-state index in [-0.39, 0.29) is 31.7 Å². The van der Waals surface area contributed by atoms with Crippen molar-refractivity contribution in [3.05, 3.63) is 68.8 Å². The van der Waals surface area contributed by atoms with Gasteiger partial charge in [0.05, 0.1) is 9.85 Å². The van der Waals surface area contributed by atoms with Crippen molar-refractivity contribution in [2.24, 2.45) is 0 Å². The second kappa shape index (κ2) is 14.0. The Hall–Kier alpha value is -3.03. The summed E-state index contributed by atoms with van der Waals surface area (Å²) in [5, 5.41) is 36.0. The molecule has 0 aromatic heterocycles. The standard InChI is InChI=1S/C6H6NO6P.C6H5NO3.CH4.HO4P.H2/c8-7(9)5-1-3-6(4-2-5)13-14(10,11)12;8-6-3-1-5(2-4-6)7(9)10;;1-4-5(2)3;/h1-4H,(H2,10,11,12);1-4,8H;1H4;1H;1H. The van der Waals surface area contributed by atoms with Gasteiger partial charge < -0.3 is 14.5 Å². The van der Waals surface area contributed by atoms with Crippen LogP contribution in [0.3, 0.4) is 0 Å². The Morgan fingerprint density at radius 3 is 1.53 bits per heavy atom. The summed E-state index contributed by atoms with van der Waals surface area (Å²) in [6.45, 7) is 0. The first-order chi connectivity index (χ1) is 13.4. The molecule has 0 amide bonds. The number of hydrogen-bond donors (Lipinski definition) is 4. The molecule has 0 bridgehead atoms. The maximum absolute atomic E-state index is 10.4. The van der Waals surface area contributed by atoms with Crippen LogP contribution >= 0.6 is 16.1 Å². The Balaban J connectivity index is -0.000000407. The lowest BCUT2D eigenvalue weighted by Gasteiger charge is -2.05. The van der Waals surface area contributed by atoms with Gasteiger partial charge in [-0.1, -0.05) is 7.43 Å². The van der Waals surface area contributed by atoms with E-state index in [9.17, 15) is 24.8 Å². The van der Waals surface area contributed by atoms with Crippen molar-refractivity contribution in [1.29, 1.82) is 0 Å². The molecule has 168 valence electrons. The van der Waals surface area contributed by atoms with Crippen molar-refractivity contribution in [2.45, 2.75) is 7.43 Å². The minimum Gasteiger partial charge on any atom is -0.565 e. The summed E-state index contributed by atoms with van der Waals surface area (Å²) < 4.78 is 26.2. The monoisotopic (exact) mass is 472 g/mol. The van der Waals surface area contributed by atoms with Crippen LogP contribution in [0.5, 0.6) is 11.5 Å². The fourth-order valence-corrected chi connectivity index (χ4v) is 1.74. The van der Waals surface area contributed by atoms with Crippen LogP contribution in [0.15, 0.2) is 48.5 Å². The van der Waals surface area contributed by atoms with Gasteiger partial charge in [-0.05, 0) is 28.8 Å². The number of benzene rings is 2. The van der Waals surface area contributed by atoms with Gasteiger partial charge >= 0.3 is 16.1 Å². The molecule has 1 atom stereocenters. The van der Waals surface area contributed by atoms with Gasteiger partial charge in [0.15, 0.2) is 0 Å². The summed E-state index contributed by atoms with van der Waals surface area (Å²) in [7, 11) is -7.64. The minimum atomic E-state index is -4.60. The van der Waals surface area contributed by atoms with E-state index in [1.165, 1.54) is 24.3 Å². The average molecular weight is 472 g/mol. The normalized spacial score (nSPS) is 10.1. The molecule has 0 saturated heterocycles. The van der Waals surface area contributed by atoms with Crippen LogP contribution < -0.4 is 9.42 Å². The van der Waals surface area contributed by atoms with Crippen molar-refractivity contribution < 1.29 is 54.6 Å². The molecule has 4 N–H and O–H groups in total. The summed E-state index contributed by atoms with van der Waals surface area (Å²) >= 11 is 0. The highest BCUT2D eigenvalue weighted by atomic mass is 31.2. The van der Waals surface area contributed by atoms with Crippen LogP contribution in [0.2, 0.25) is 0 Å². The number of nitro benzene ring substituents is 2. The molecule has 15 nitrogen and oxygen atoms in total. The smallest absolute Gasteiger partial charge is 0.524 e. The van der Waals surface area contributed by atoms with E-state index in [4.69, 9.17) is 29.6 Å². The van der Waals surface area contributed by atoms with Crippen molar-refractivity contribution in [2.75, 3.05) is 0 Å². The third-order valence-electron chi connectivity index (χ3n) is 2.40. The predicted molar refractivity (Wildman–Crippen MR) is 101 cm³/mol. The van der Waals surface area contributed by atoms with E-state index in [1.807, 2.05) is 0 Å². The van der Waals surface area contributed by atoms with Gasteiger partial charge in [-0.15, -0.1) is 0 Å². The molecular formula is C13H18N2O13P2. The molecule has 2 rings (SSSR count). The fourth-order valence-electron chi connectivity index (χ4n) is 1.34. The number of phosphoric ester groups is 1. The lowest BCUT2D eigenvalue weighted by Crippen LogP contribution is -1.91.